The average molecular weight is 238 g/mol. The van der Waals surface area contributed by atoms with E-state index >= 15 is 0 Å². The van der Waals surface area contributed by atoms with Crippen molar-refractivity contribution >= 4 is 17.7 Å². The third-order valence-electron chi connectivity index (χ3n) is 2.40. The van der Waals surface area contributed by atoms with Gasteiger partial charge in [0, 0.05) is 10.1 Å². The summed E-state index contributed by atoms with van der Waals surface area (Å²) in [5.74, 6) is -0.865. The summed E-state index contributed by atoms with van der Waals surface area (Å²) in [5, 5.41) is 9.36. The quantitative estimate of drug-likeness (QED) is 0.759. The van der Waals surface area contributed by atoms with Gasteiger partial charge in [0.25, 0.3) is 0 Å². The highest BCUT2D eigenvalue weighted by atomic mass is 32.2. The van der Waals surface area contributed by atoms with Crippen molar-refractivity contribution < 1.29 is 9.90 Å². The summed E-state index contributed by atoms with van der Waals surface area (Å²) in [6, 6.07) is 7.10. The Morgan fingerprint density at radius 2 is 2.00 bits per heavy atom. The summed E-state index contributed by atoms with van der Waals surface area (Å²) < 4.78 is 0. The molecule has 0 aliphatic heterocycles. The van der Waals surface area contributed by atoms with Crippen molar-refractivity contribution in [3.8, 4) is 0 Å². The van der Waals surface area contributed by atoms with Gasteiger partial charge < -0.3 is 5.11 Å². The lowest BCUT2D eigenvalue weighted by atomic mass is 10.2. The fourth-order valence-corrected chi connectivity index (χ4v) is 2.50. The number of aromatic carboxylic acids is 1. The van der Waals surface area contributed by atoms with E-state index in [-0.39, 0.29) is 0 Å². The Bertz CT molecular complexity index is 332. The molecule has 0 spiro atoms. The molecular formula is C13H18O2S. The van der Waals surface area contributed by atoms with Crippen LogP contribution in [0.5, 0.6) is 0 Å². The van der Waals surface area contributed by atoms with Crippen LogP contribution >= 0.6 is 11.8 Å². The van der Waals surface area contributed by atoms with Crippen molar-refractivity contribution in [1.29, 1.82) is 0 Å². The van der Waals surface area contributed by atoms with Gasteiger partial charge in [-0.2, -0.15) is 0 Å². The second-order valence-corrected chi connectivity index (χ2v) is 5.41. The molecule has 1 aromatic carbocycles. The van der Waals surface area contributed by atoms with Crippen molar-refractivity contribution in [3.63, 3.8) is 0 Å². The van der Waals surface area contributed by atoms with Crippen LogP contribution in [0, 0.1) is 0 Å². The predicted molar refractivity (Wildman–Crippen MR) is 68.2 cm³/mol. The fraction of sp³-hybridized carbons (Fsp3) is 0.462. The molecule has 3 heteroatoms. The Morgan fingerprint density at radius 1 is 1.38 bits per heavy atom. The fourth-order valence-electron chi connectivity index (χ4n) is 1.46. The lowest BCUT2D eigenvalue weighted by molar-refractivity contribution is 0.0697. The molecule has 0 unspecified atom stereocenters. The number of hydrogen-bond acceptors (Lipinski definition) is 2. The smallest absolute Gasteiger partial charge is 0.335 e. The van der Waals surface area contributed by atoms with Gasteiger partial charge in [0.05, 0.1) is 5.56 Å². The van der Waals surface area contributed by atoms with Gasteiger partial charge in [0.15, 0.2) is 0 Å². The summed E-state index contributed by atoms with van der Waals surface area (Å²) in [5.41, 5.74) is 0.352. The van der Waals surface area contributed by atoms with Crippen LogP contribution in [0.3, 0.4) is 0 Å². The molecule has 1 rings (SSSR count). The highest BCUT2D eigenvalue weighted by Gasteiger charge is 2.05. The topological polar surface area (TPSA) is 37.3 Å². The van der Waals surface area contributed by atoms with E-state index in [2.05, 4.69) is 13.8 Å². The van der Waals surface area contributed by atoms with E-state index in [1.165, 1.54) is 19.3 Å². The number of unbranched alkanes of at least 4 members (excludes halogenated alkanes) is 1. The SMILES string of the molecule is CCCC[C@H](C)Sc1ccc(C(=O)O)cc1. The Kier molecular flexibility index (Phi) is 5.39. The molecule has 1 aromatic rings. The first-order valence-corrected chi connectivity index (χ1v) is 6.51. The molecule has 0 heterocycles. The first-order valence-electron chi connectivity index (χ1n) is 5.63. The summed E-state index contributed by atoms with van der Waals surface area (Å²) in [6.45, 7) is 4.41. The van der Waals surface area contributed by atoms with Crippen LogP contribution in [0.2, 0.25) is 0 Å². The second-order valence-electron chi connectivity index (χ2n) is 3.90. The Balaban J connectivity index is 2.51. The lowest BCUT2D eigenvalue weighted by Gasteiger charge is -2.10. The number of carboxylic acids is 1. The van der Waals surface area contributed by atoms with Crippen LogP contribution in [0.4, 0.5) is 0 Å². The molecule has 0 aromatic heterocycles. The zero-order valence-electron chi connectivity index (χ0n) is 9.77. The van der Waals surface area contributed by atoms with E-state index in [4.69, 9.17) is 5.11 Å². The van der Waals surface area contributed by atoms with Crippen LogP contribution in [-0.4, -0.2) is 16.3 Å². The van der Waals surface area contributed by atoms with Crippen molar-refractivity contribution in [1.82, 2.24) is 0 Å². The van der Waals surface area contributed by atoms with E-state index < -0.39 is 5.97 Å². The maximum Gasteiger partial charge on any atom is 0.335 e. The minimum Gasteiger partial charge on any atom is -0.478 e. The second kappa shape index (κ2) is 6.59. The summed E-state index contributed by atoms with van der Waals surface area (Å²) in [6.07, 6.45) is 3.69. The minimum absolute atomic E-state index is 0.352. The van der Waals surface area contributed by atoms with Crippen molar-refractivity contribution in [2.45, 2.75) is 43.3 Å². The number of carbonyl (C=O) groups is 1. The molecule has 0 saturated heterocycles. The molecule has 1 N–H and O–H groups in total. The molecule has 88 valence electrons. The Morgan fingerprint density at radius 3 is 2.50 bits per heavy atom. The number of rotatable bonds is 6. The standard InChI is InChI=1S/C13H18O2S/c1-3-4-5-10(2)16-12-8-6-11(7-9-12)13(14)15/h6-10H,3-5H2,1-2H3,(H,14,15)/t10-/m0/s1. The number of carboxylic acid groups (broad SMARTS) is 1. The van der Waals surface area contributed by atoms with Gasteiger partial charge in [-0.05, 0) is 30.7 Å². The number of benzene rings is 1. The van der Waals surface area contributed by atoms with Crippen LogP contribution in [0.15, 0.2) is 29.2 Å². The highest BCUT2D eigenvalue weighted by Crippen LogP contribution is 2.26. The van der Waals surface area contributed by atoms with Crippen molar-refractivity contribution in [2.24, 2.45) is 0 Å². The summed E-state index contributed by atoms with van der Waals surface area (Å²) in [7, 11) is 0. The third kappa shape index (κ3) is 4.27. The molecule has 0 saturated carbocycles. The Labute approximate surface area is 101 Å². The average Bonchev–Trinajstić information content (AvgIpc) is 2.27. The van der Waals surface area contributed by atoms with Crippen LogP contribution in [0.25, 0.3) is 0 Å². The molecule has 1 atom stereocenters. The number of thioether (sulfide) groups is 1. The lowest BCUT2D eigenvalue weighted by Crippen LogP contribution is -1.97. The summed E-state index contributed by atoms with van der Waals surface area (Å²) in [4.78, 5) is 11.8. The van der Waals surface area contributed by atoms with Gasteiger partial charge in [-0.25, -0.2) is 4.79 Å². The molecule has 0 aliphatic rings. The van der Waals surface area contributed by atoms with E-state index in [1.54, 1.807) is 12.1 Å². The van der Waals surface area contributed by atoms with E-state index in [1.807, 2.05) is 23.9 Å². The zero-order chi connectivity index (χ0) is 12.0. The maximum atomic E-state index is 10.7. The van der Waals surface area contributed by atoms with E-state index in [0.29, 0.717) is 10.8 Å². The normalized spacial score (nSPS) is 12.4. The van der Waals surface area contributed by atoms with Gasteiger partial charge in [-0.15, -0.1) is 11.8 Å². The minimum atomic E-state index is -0.865. The van der Waals surface area contributed by atoms with Gasteiger partial charge in [-0.3, -0.25) is 0 Å². The summed E-state index contributed by atoms with van der Waals surface area (Å²) >= 11 is 1.81. The van der Waals surface area contributed by atoms with Crippen molar-refractivity contribution in [3.05, 3.63) is 29.8 Å². The molecule has 0 fully saturated rings. The monoisotopic (exact) mass is 238 g/mol. The highest BCUT2D eigenvalue weighted by molar-refractivity contribution is 7.99. The van der Waals surface area contributed by atoms with Crippen molar-refractivity contribution in [2.75, 3.05) is 0 Å². The first-order chi connectivity index (χ1) is 7.63. The van der Waals surface area contributed by atoms with Gasteiger partial charge >= 0.3 is 5.97 Å². The Hall–Kier alpha value is -0.960. The van der Waals surface area contributed by atoms with Crippen LogP contribution in [0.1, 0.15) is 43.5 Å². The van der Waals surface area contributed by atoms with Gasteiger partial charge in [0.2, 0.25) is 0 Å². The largest absolute Gasteiger partial charge is 0.478 e. The third-order valence-corrected chi connectivity index (χ3v) is 3.59. The van der Waals surface area contributed by atoms with Crippen LogP contribution < -0.4 is 0 Å². The molecule has 0 amide bonds. The molecule has 16 heavy (non-hydrogen) atoms. The van der Waals surface area contributed by atoms with Crippen LogP contribution in [-0.2, 0) is 0 Å². The zero-order valence-corrected chi connectivity index (χ0v) is 10.6. The van der Waals surface area contributed by atoms with E-state index in [0.717, 1.165) is 4.90 Å². The number of hydrogen-bond donors (Lipinski definition) is 1. The molecule has 0 radical (unpaired) electrons. The van der Waals surface area contributed by atoms with Gasteiger partial charge in [0.1, 0.15) is 0 Å². The molecular weight excluding hydrogens is 220 g/mol. The van der Waals surface area contributed by atoms with E-state index in [9.17, 15) is 4.79 Å². The molecule has 0 bridgehead atoms. The first kappa shape index (κ1) is 13.1. The van der Waals surface area contributed by atoms with Gasteiger partial charge in [-0.1, -0.05) is 26.7 Å². The molecule has 2 nitrogen and oxygen atoms in total. The maximum absolute atomic E-state index is 10.7. The molecule has 0 aliphatic carbocycles. The predicted octanol–water partition coefficient (Wildman–Crippen LogP) is 4.06.